The van der Waals surface area contributed by atoms with Crippen molar-refractivity contribution in [2.45, 2.75) is 19.8 Å². The summed E-state index contributed by atoms with van der Waals surface area (Å²) in [5.41, 5.74) is 3.47. The summed E-state index contributed by atoms with van der Waals surface area (Å²) in [4.78, 5) is 26.4. The maximum Gasteiger partial charge on any atom is 0.148 e. The Kier molecular flexibility index (Phi) is 10.6. The summed E-state index contributed by atoms with van der Waals surface area (Å²) >= 11 is 22.7. The second kappa shape index (κ2) is 12.6. The van der Waals surface area contributed by atoms with E-state index in [4.69, 9.17) is 23.2 Å². The second-order valence-corrected chi connectivity index (χ2v) is 8.66. The molecule has 3 rings (SSSR count). The molecule has 0 N–H and O–H groups in total. The van der Waals surface area contributed by atoms with Gasteiger partial charge >= 0.3 is 0 Å². The van der Waals surface area contributed by atoms with E-state index < -0.39 is 0 Å². The Hall–Kier alpha value is -1.32. The SMILES string of the molecule is Cc1nn(-c2ccccc2)c(CC(=O)CS)c1Br.O=C(CS)Cc1cc(Cl)nc(Cl)c1. The summed E-state index contributed by atoms with van der Waals surface area (Å²) in [5.74, 6) is 0.570. The average Bonchev–Trinajstić information content (AvgIpc) is 3.02. The van der Waals surface area contributed by atoms with Crippen molar-refractivity contribution in [1.82, 2.24) is 14.8 Å². The molecule has 0 fully saturated rings. The van der Waals surface area contributed by atoms with Gasteiger partial charge in [0.25, 0.3) is 0 Å². The van der Waals surface area contributed by atoms with Gasteiger partial charge in [0.1, 0.15) is 21.9 Å². The molecule has 3 aromatic rings. The summed E-state index contributed by atoms with van der Waals surface area (Å²) in [6.45, 7) is 1.91. The maximum atomic E-state index is 11.6. The molecule has 164 valence electrons. The third-order valence-corrected chi connectivity index (χ3v) is 6.14. The van der Waals surface area contributed by atoms with Crippen LogP contribution in [-0.2, 0) is 22.4 Å². The Labute approximate surface area is 210 Å². The molecule has 0 saturated carbocycles. The molecule has 0 aliphatic carbocycles. The first kappa shape index (κ1) is 25.9. The van der Waals surface area contributed by atoms with Crippen LogP contribution in [0.3, 0.4) is 0 Å². The number of aromatic nitrogens is 3. The number of thiol groups is 2. The molecule has 10 heteroatoms. The fourth-order valence-corrected chi connectivity index (χ4v) is 3.75. The van der Waals surface area contributed by atoms with Crippen molar-refractivity contribution in [3.63, 3.8) is 0 Å². The van der Waals surface area contributed by atoms with Crippen molar-refractivity contribution >= 4 is 76.0 Å². The van der Waals surface area contributed by atoms with Crippen LogP contribution in [0.15, 0.2) is 46.9 Å². The fraction of sp³-hybridized carbons (Fsp3) is 0.238. The van der Waals surface area contributed by atoms with Crippen molar-refractivity contribution in [2.75, 3.05) is 11.5 Å². The first-order valence-corrected chi connectivity index (χ1v) is 11.9. The Morgan fingerprint density at radius 3 is 2.10 bits per heavy atom. The maximum absolute atomic E-state index is 11.6. The lowest BCUT2D eigenvalue weighted by Gasteiger charge is -2.06. The monoisotopic (exact) mass is 559 g/mol. The van der Waals surface area contributed by atoms with E-state index in [1.807, 2.05) is 37.3 Å². The summed E-state index contributed by atoms with van der Waals surface area (Å²) in [7, 11) is 0. The molecule has 0 atom stereocenters. The minimum absolute atomic E-state index is 0.0293. The van der Waals surface area contributed by atoms with Crippen molar-refractivity contribution < 1.29 is 9.59 Å². The minimum atomic E-state index is 0.0293. The van der Waals surface area contributed by atoms with Crippen LogP contribution >= 0.6 is 64.4 Å². The number of benzene rings is 1. The van der Waals surface area contributed by atoms with Gasteiger partial charge in [0.2, 0.25) is 0 Å². The number of ketones is 2. The van der Waals surface area contributed by atoms with Gasteiger partial charge in [0.05, 0.1) is 28.0 Å². The highest BCUT2D eigenvalue weighted by molar-refractivity contribution is 9.10. The molecule has 2 heterocycles. The highest BCUT2D eigenvalue weighted by atomic mass is 79.9. The highest BCUT2D eigenvalue weighted by Crippen LogP contribution is 2.24. The van der Waals surface area contributed by atoms with Crippen LogP contribution in [0.2, 0.25) is 10.3 Å². The van der Waals surface area contributed by atoms with Crippen LogP contribution in [0.5, 0.6) is 0 Å². The third-order valence-electron chi connectivity index (χ3n) is 4.02. The highest BCUT2D eigenvalue weighted by Gasteiger charge is 2.16. The van der Waals surface area contributed by atoms with Crippen molar-refractivity contribution in [1.29, 1.82) is 0 Å². The largest absolute Gasteiger partial charge is 0.298 e. The molecule has 0 bridgehead atoms. The lowest BCUT2D eigenvalue weighted by molar-refractivity contribution is -0.116. The predicted octanol–water partition coefficient (Wildman–Crippen LogP) is 5.41. The number of Topliss-reactive ketones (excluding diaryl/α,β-unsaturated/α-hetero) is 2. The smallest absolute Gasteiger partial charge is 0.148 e. The van der Waals surface area contributed by atoms with Crippen LogP contribution in [0, 0.1) is 6.92 Å². The zero-order chi connectivity index (χ0) is 23.0. The average molecular weight is 561 g/mol. The van der Waals surface area contributed by atoms with Gasteiger partial charge in [-0.3, -0.25) is 9.59 Å². The summed E-state index contributed by atoms with van der Waals surface area (Å²) in [6, 6.07) is 13.0. The number of rotatable bonds is 7. The van der Waals surface area contributed by atoms with E-state index in [1.165, 1.54) is 0 Å². The number of nitrogens with zero attached hydrogens (tertiary/aromatic N) is 3. The van der Waals surface area contributed by atoms with E-state index in [0.29, 0.717) is 23.1 Å². The molecule has 2 aromatic heterocycles. The number of carbonyl (C=O) groups excluding carboxylic acids is 2. The van der Waals surface area contributed by atoms with E-state index in [-0.39, 0.29) is 23.1 Å². The van der Waals surface area contributed by atoms with Gasteiger partial charge in [-0.15, -0.1) is 0 Å². The predicted molar refractivity (Wildman–Crippen MR) is 135 cm³/mol. The van der Waals surface area contributed by atoms with Gasteiger partial charge in [0, 0.05) is 17.9 Å². The molecule has 0 amide bonds. The zero-order valence-corrected chi connectivity index (χ0v) is 21.4. The lowest BCUT2D eigenvalue weighted by Crippen LogP contribution is -2.10. The molecule has 0 spiro atoms. The Morgan fingerprint density at radius 1 is 1.00 bits per heavy atom. The van der Waals surface area contributed by atoms with Crippen molar-refractivity contribution in [3.05, 3.63) is 74.2 Å². The molecule has 0 aliphatic heterocycles. The number of para-hydroxylation sites is 1. The molecular formula is C21H20BrCl2N3O2S2. The van der Waals surface area contributed by atoms with Crippen LogP contribution < -0.4 is 0 Å². The number of pyridine rings is 1. The van der Waals surface area contributed by atoms with Gasteiger partial charge in [-0.1, -0.05) is 41.4 Å². The number of aryl methyl sites for hydroxylation is 1. The Bertz CT molecular complexity index is 1040. The third kappa shape index (κ3) is 7.95. The molecule has 1 aromatic carbocycles. The quantitative estimate of drug-likeness (QED) is 0.299. The van der Waals surface area contributed by atoms with Crippen molar-refractivity contribution in [2.24, 2.45) is 0 Å². The second-order valence-electron chi connectivity index (χ2n) is 6.46. The number of hydrogen-bond donors (Lipinski definition) is 2. The van der Waals surface area contributed by atoms with Crippen LogP contribution in [0.25, 0.3) is 5.69 Å². The fourth-order valence-electron chi connectivity index (χ4n) is 2.63. The van der Waals surface area contributed by atoms with Crippen LogP contribution in [-0.4, -0.2) is 37.8 Å². The number of halogens is 3. The topological polar surface area (TPSA) is 64.8 Å². The standard InChI is InChI=1S/C13H13BrN2OS.C8H7Cl2NOS/c1-9-13(14)12(7-11(17)8-18)16(15-9)10-5-3-2-4-6-10;9-7-2-5(1-6(12)4-13)3-8(10)11-7/h2-6,18H,7-8H2,1H3;2-3,13H,1,4H2. The van der Waals surface area contributed by atoms with E-state index in [9.17, 15) is 9.59 Å². The normalized spacial score (nSPS) is 10.4. The van der Waals surface area contributed by atoms with Crippen LogP contribution in [0.4, 0.5) is 0 Å². The first-order valence-electron chi connectivity index (χ1n) is 9.11. The van der Waals surface area contributed by atoms with E-state index in [2.05, 4.69) is 51.3 Å². The van der Waals surface area contributed by atoms with Crippen LogP contribution in [0.1, 0.15) is 17.0 Å². The first-order chi connectivity index (χ1) is 14.7. The van der Waals surface area contributed by atoms with E-state index in [1.54, 1.807) is 16.8 Å². The number of hydrogen-bond acceptors (Lipinski definition) is 6. The Balaban J connectivity index is 0.000000233. The van der Waals surface area contributed by atoms with E-state index in [0.717, 1.165) is 27.1 Å². The van der Waals surface area contributed by atoms with Gasteiger partial charge in [-0.05, 0) is 52.7 Å². The zero-order valence-electron chi connectivity index (χ0n) is 16.6. The summed E-state index contributed by atoms with van der Waals surface area (Å²) in [6.07, 6.45) is 0.630. The van der Waals surface area contributed by atoms with Crippen molar-refractivity contribution in [3.8, 4) is 5.69 Å². The minimum Gasteiger partial charge on any atom is -0.298 e. The van der Waals surface area contributed by atoms with Gasteiger partial charge < -0.3 is 0 Å². The van der Waals surface area contributed by atoms with Gasteiger partial charge in [-0.25, -0.2) is 9.67 Å². The molecule has 31 heavy (non-hydrogen) atoms. The summed E-state index contributed by atoms with van der Waals surface area (Å²) < 4.78 is 2.70. The molecule has 5 nitrogen and oxygen atoms in total. The molecule has 0 saturated heterocycles. The van der Waals surface area contributed by atoms with Gasteiger partial charge in [0.15, 0.2) is 0 Å². The molecular weight excluding hydrogens is 541 g/mol. The number of carbonyl (C=O) groups is 2. The van der Waals surface area contributed by atoms with Gasteiger partial charge in [-0.2, -0.15) is 30.4 Å². The lowest BCUT2D eigenvalue weighted by atomic mass is 10.1. The molecule has 0 unspecified atom stereocenters. The summed E-state index contributed by atoms with van der Waals surface area (Å²) in [5, 5.41) is 5.06. The molecule has 0 aliphatic rings. The van der Waals surface area contributed by atoms with E-state index >= 15 is 0 Å². The Morgan fingerprint density at radius 2 is 1.55 bits per heavy atom. The molecule has 0 radical (unpaired) electrons.